The summed E-state index contributed by atoms with van der Waals surface area (Å²) in [4.78, 5) is 35.8. The van der Waals surface area contributed by atoms with E-state index < -0.39 is 12.0 Å². The van der Waals surface area contributed by atoms with Crippen molar-refractivity contribution in [2.24, 2.45) is 5.92 Å². The van der Waals surface area contributed by atoms with Gasteiger partial charge in [0.2, 0.25) is 0 Å². The summed E-state index contributed by atoms with van der Waals surface area (Å²) >= 11 is 0. The summed E-state index contributed by atoms with van der Waals surface area (Å²) in [6.07, 6.45) is 3.69. The van der Waals surface area contributed by atoms with Crippen LogP contribution >= 0.6 is 0 Å². The van der Waals surface area contributed by atoms with Crippen molar-refractivity contribution < 1.29 is 19.1 Å². The summed E-state index contributed by atoms with van der Waals surface area (Å²) in [7, 11) is 0. The van der Waals surface area contributed by atoms with Crippen LogP contribution in [-0.2, 0) is 9.53 Å². The lowest BCUT2D eigenvalue weighted by molar-refractivity contribution is -0.122. The number of benzene rings is 1. The van der Waals surface area contributed by atoms with Crippen LogP contribution in [0.3, 0.4) is 0 Å². The molecule has 5 heteroatoms. The van der Waals surface area contributed by atoms with Gasteiger partial charge in [0, 0.05) is 17.7 Å². The van der Waals surface area contributed by atoms with E-state index >= 15 is 0 Å². The lowest BCUT2D eigenvalue weighted by Gasteiger charge is -2.19. The van der Waals surface area contributed by atoms with E-state index in [1.807, 2.05) is 0 Å². The SMILES string of the molecule is C=CCOC(=O)Nc1cccc(C(=O)C2CCCCC2=O)c1. The molecular formula is C17H19NO4. The highest BCUT2D eigenvalue weighted by atomic mass is 16.5. The molecule has 1 unspecified atom stereocenters. The first-order chi connectivity index (χ1) is 10.6. The Hall–Kier alpha value is -2.43. The summed E-state index contributed by atoms with van der Waals surface area (Å²) in [6.45, 7) is 3.57. The molecule has 0 aliphatic heterocycles. The van der Waals surface area contributed by atoms with Crippen LogP contribution in [0, 0.1) is 5.92 Å². The first-order valence-electron chi connectivity index (χ1n) is 7.33. The van der Waals surface area contributed by atoms with Gasteiger partial charge in [-0.2, -0.15) is 0 Å². The molecule has 1 saturated carbocycles. The van der Waals surface area contributed by atoms with E-state index in [2.05, 4.69) is 11.9 Å². The summed E-state index contributed by atoms with van der Waals surface area (Å²) in [5.41, 5.74) is 0.893. The van der Waals surface area contributed by atoms with E-state index in [1.54, 1.807) is 24.3 Å². The second kappa shape index (κ2) is 7.54. The molecule has 1 atom stereocenters. The maximum absolute atomic E-state index is 12.4. The summed E-state index contributed by atoms with van der Waals surface area (Å²) in [6, 6.07) is 6.56. The molecular weight excluding hydrogens is 282 g/mol. The number of Topliss-reactive ketones (excluding diaryl/α,β-unsaturated/α-hetero) is 2. The van der Waals surface area contributed by atoms with Gasteiger partial charge in [0.25, 0.3) is 0 Å². The predicted octanol–water partition coefficient (Wildman–Crippen LogP) is 3.36. The van der Waals surface area contributed by atoms with Crippen LogP contribution < -0.4 is 5.32 Å². The summed E-state index contributed by atoms with van der Waals surface area (Å²) in [5, 5.41) is 2.54. The van der Waals surface area contributed by atoms with Gasteiger partial charge in [0.05, 0.1) is 5.92 Å². The van der Waals surface area contributed by atoms with Gasteiger partial charge in [-0.1, -0.05) is 31.2 Å². The van der Waals surface area contributed by atoms with Crippen LogP contribution in [0.15, 0.2) is 36.9 Å². The van der Waals surface area contributed by atoms with Crippen LogP contribution in [0.1, 0.15) is 36.0 Å². The zero-order chi connectivity index (χ0) is 15.9. The molecule has 1 fully saturated rings. The lowest BCUT2D eigenvalue weighted by atomic mass is 9.83. The zero-order valence-corrected chi connectivity index (χ0v) is 12.3. The highest BCUT2D eigenvalue weighted by Gasteiger charge is 2.29. The molecule has 0 heterocycles. The Morgan fingerprint density at radius 3 is 2.91 bits per heavy atom. The van der Waals surface area contributed by atoms with E-state index in [-0.39, 0.29) is 18.2 Å². The van der Waals surface area contributed by atoms with E-state index in [1.165, 1.54) is 6.08 Å². The second-order valence-corrected chi connectivity index (χ2v) is 5.22. The molecule has 2 rings (SSSR count). The number of rotatable bonds is 5. The van der Waals surface area contributed by atoms with Crippen molar-refractivity contribution in [2.75, 3.05) is 11.9 Å². The standard InChI is InChI=1S/C17H19NO4/c1-2-10-22-17(21)18-13-7-5-6-12(11-13)16(20)14-8-3-4-9-15(14)19/h2,5-7,11,14H,1,3-4,8-10H2,(H,18,21). The van der Waals surface area contributed by atoms with Crippen molar-refractivity contribution >= 4 is 23.3 Å². The number of carbonyl (C=O) groups is 3. The lowest BCUT2D eigenvalue weighted by Crippen LogP contribution is -2.27. The fraction of sp³-hybridized carbons (Fsp3) is 0.353. The number of nitrogens with one attached hydrogen (secondary N) is 1. The first-order valence-corrected chi connectivity index (χ1v) is 7.33. The monoisotopic (exact) mass is 301 g/mol. The number of amides is 1. The number of ketones is 2. The Balaban J connectivity index is 2.07. The minimum atomic E-state index is -0.613. The number of hydrogen-bond donors (Lipinski definition) is 1. The fourth-order valence-corrected chi connectivity index (χ4v) is 2.50. The van der Waals surface area contributed by atoms with Crippen molar-refractivity contribution in [2.45, 2.75) is 25.7 Å². The minimum Gasteiger partial charge on any atom is -0.445 e. The molecule has 1 aromatic carbocycles. The predicted molar refractivity (Wildman–Crippen MR) is 82.9 cm³/mol. The molecule has 1 aromatic rings. The molecule has 5 nitrogen and oxygen atoms in total. The van der Waals surface area contributed by atoms with Gasteiger partial charge in [0.1, 0.15) is 12.4 Å². The third-order valence-electron chi connectivity index (χ3n) is 3.60. The Kier molecular flexibility index (Phi) is 5.47. The molecule has 0 aromatic heterocycles. The van der Waals surface area contributed by atoms with Crippen molar-refractivity contribution in [3.8, 4) is 0 Å². The van der Waals surface area contributed by atoms with Gasteiger partial charge in [-0.05, 0) is 25.0 Å². The Morgan fingerprint density at radius 1 is 1.36 bits per heavy atom. The van der Waals surface area contributed by atoms with Gasteiger partial charge < -0.3 is 4.74 Å². The average Bonchev–Trinajstić information content (AvgIpc) is 2.53. The number of anilines is 1. The third-order valence-corrected chi connectivity index (χ3v) is 3.60. The Morgan fingerprint density at radius 2 is 2.18 bits per heavy atom. The third kappa shape index (κ3) is 4.04. The maximum atomic E-state index is 12.4. The highest BCUT2D eigenvalue weighted by Crippen LogP contribution is 2.25. The Labute approximate surface area is 129 Å². The maximum Gasteiger partial charge on any atom is 0.411 e. The minimum absolute atomic E-state index is 0.0139. The van der Waals surface area contributed by atoms with Gasteiger partial charge in [-0.25, -0.2) is 4.79 Å². The van der Waals surface area contributed by atoms with Crippen molar-refractivity contribution in [1.29, 1.82) is 0 Å². The van der Waals surface area contributed by atoms with E-state index in [9.17, 15) is 14.4 Å². The van der Waals surface area contributed by atoms with Crippen LogP contribution in [0.2, 0.25) is 0 Å². The largest absolute Gasteiger partial charge is 0.445 e. The van der Waals surface area contributed by atoms with Crippen molar-refractivity contribution in [1.82, 2.24) is 0 Å². The molecule has 0 spiro atoms. The average molecular weight is 301 g/mol. The number of hydrogen-bond acceptors (Lipinski definition) is 4. The van der Waals surface area contributed by atoms with Gasteiger partial charge in [0.15, 0.2) is 5.78 Å². The molecule has 0 bridgehead atoms. The van der Waals surface area contributed by atoms with Crippen LogP contribution in [0.25, 0.3) is 0 Å². The molecule has 1 amide bonds. The fourth-order valence-electron chi connectivity index (χ4n) is 2.50. The highest BCUT2D eigenvalue weighted by molar-refractivity contribution is 6.11. The molecule has 0 saturated heterocycles. The van der Waals surface area contributed by atoms with Gasteiger partial charge in [-0.3, -0.25) is 14.9 Å². The number of carbonyl (C=O) groups excluding carboxylic acids is 3. The summed E-state index contributed by atoms with van der Waals surface area (Å²) in [5.74, 6) is -0.704. The first kappa shape index (κ1) is 15.9. The quantitative estimate of drug-likeness (QED) is 0.514. The zero-order valence-electron chi connectivity index (χ0n) is 12.3. The molecule has 22 heavy (non-hydrogen) atoms. The van der Waals surface area contributed by atoms with E-state index in [0.29, 0.717) is 24.1 Å². The molecule has 0 radical (unpaired) electrons. The van der Waals surface area contributed by atoms with Crippen molar-refractivity contribution in [3.63, 3.8) is 0 Å². The summed E-state index contributed by atoms with van der Waals surface area (Å²) < 4.78 is 4.82. The number of ether oxygens (including phenoxy) is 1. The normalized spacial score (nSPS) is 17.6. The smallest absolute Gasteiger partial charge is 0.411 e. The van der Waals surface area contributed by atoms with E-state index in [4.69, 9.17) is 4.74 Å². The van der Waals surface area contributed by atoms with Gasteiger partial charge in [-0.15, -0.1) is 0 Å². The molecule has 1 aliphatic rings. The van der Waals surface area contributed by atoms with Crippen LogP contribution in [-0.4, -0.2) is 24.3 Å². The molecule has 1 aliphatic carbocycles. The van der Waals surface area contributed by atoms with E-state index in [0.717, 1.165) is 12.8 Å². The van der Waals surface area contributed by atoms with Gasteiger partial charge >= 0.3 is 6.09 Å². The molecule has 1 N–H and O–H groups in total. The topological polar surface area (TPSA) is 72.5 Å². The van der Waals surface area contributed by atoms with Crippen LogP contribution in [0.5, 0.6) is 0 Å². The second-order valence-electron chi connectivity index (χ2n) is 5.22. The Bertz CT molecular complexity index is 594. The van der Waals surface area contributed by atoms with Crippen LogP contribution in [0.4, 0.5) is 10.5 Å². The van der Waals surface area contributed by atoms with Crippen molar-refractivity contribution in [3.05, 3.63) is 42.5 Å². The molecule has 116 valence electrons.